The number of halogens is 4. The maximum Gasteiger partial charge on any atom is 0.418 e. The molecule has 1 amide bonds. The monoisotopic (exact) mass is 436 g/mol. The van der Waals surface area contributed by atoms with Gasteiger partial charge in [-0.15, -0.1) is 0 Å². The summed E-state index contributed by atoms with van der Waals surface area (Å²) in [5.41, 5.74) is -1.53. The molecular formula is C14H8F3IN2O3. The van der Waals surface area contributed by atoms with E-state index >= 15 is 0 Å². The zero-order chi connectivity index (χ0) is 17.2. The van der Waals surface area contributed by atoms with E-state index in [1.54, 1.807) is 22.6 Å². The van der Waals surface area contributed by atoms with Gasteiger partial charge in [0.15, 0.2) is 0 Å². The number of nitro groups is 1. The maximum atomic E-state index is 13.0. The Labute approximate surface area is 141 Å². The molecule has 0 aliphatic heterocycles. The van der Waals surface area contributed by atoms with Gasteiger partial charge in [0, 0.05) is 21.3 Å². The highest BCUT2D eigenvalue weighted by atomic mass is 127. The zero-order valence-electron chi connectivity index (χ0n) is 11.2. The molecule has 9 heteroatoms. The summed E-state index contributed by atoms with van der Waals surface area (Å²) in [4.78, 5) is 21.9. The summed E-state index contributed by atoms with van der Waals surface area (Å²) >= 11 is 1.74. The van der Waals surface area contributed by atoms with Crippen LogP contribution in [0.2, 0.25) is 0 Å². The number of rotatable bonds is 3. The SMILES string of the molecule is O=C(Nc1ccc(I)cc1C(F)(F)F)c1ccc([N+](=O)[O-])cc1. The van der Waals surface area contributed by atoms with Crippen molar-refractivity contribution in [3.8, 4) is 0 Å². The van der Waals surface area contributed by atoms with Crippen molar-refractivity contribution in [1.29, 1.82) is 0 Å². The molecule has 0 saturated heterocycles. The van der Waals surface area contributed by atoms with Crippen molar-refractivity contribution in [2.24, 2.45) is 0 Å². The predicted molar refractivity (Wildman–Crippen MR) is 85.2 cm³/mol. The van der Waals surface area contributed by atoms with Crippen LogP contribution in [0.15, 0.2) is 42.5 Å². The second-order valence-corrected chi connectivity index (χ2v) is 5.69. The number of amides is 1. The van der Waals surface area contributed by atoms with Crippen LogP contribution < -0.4 is 5.32 Å². The van der Waals surface area contributed by atoms with E-state index in [4.69, 9.17) is 0 Å². The molecule has 2 aromatic carbocycles. The lowest BCUT2D eigenvalue weighted by atomic mass is 10.1. The third-order valence-electron chi connectivity index (χ3n) is 2.88. The van der Waals surface area contributed by atoms with Crippen LogP contribution in [-0.4, -0.2) is 10.8 Å². The lowest BCUT2D eigenvalue weighted by Crippen LogP contribution is -2.16. The van der Waals surface area contributed by atoms with Crippen LogP contribution in [0, 0.1) is 13.7 Å². The van der Waals surface area contributed by atoms with Gasteiger partial charge in [-0.1, -0.05) is 0 Å². The largest absolute Gasteiger partial charge is 0.418 e. The minimum Gasteiger partial charge on any atom is -0.321 e. The van der Waals surface area contributed by atoms with Gasteiger partial charge in [-0.2, -0.15) is 13.2 Å². The smallest absolute Gasteiger partial charge is 0.321 e. The third kappa shape index (κ3) is 4.18. The van der Waals surface area contributed by atoms with E-state index in [0.29, 0.717) is 3.57 Å². The lowest BCUT2D eigenvalue weighted by Gasteiger charge is -2.14. The lowest BCUT2D eigenvalue weighted by molar-refractivity contribution is -0.384. The third-order valence-corrected chi connectivity index (χ3v) is 3.55. The first-order chi connectivity index (χ1) is 10.7. The number of anilines is 1. The number of non-ortho nitro benzene ring substituents is 1. The molecule has 2 aromatic rings. The number of nitrogens with one attached hydrogen (secondary N) is 1. The van der Waals surface area contributed by atoms with Gasteiger partial charge in [0.25, 0.3) is 11.6 Å². The minimum absolute atomic E-state index is 0.0160. The second-order valence-electron chi connectivity index (χ2n) is 4.45. The summed E-state index contributed by atoms with van der Waals surface area (Å²) in [5.74, 6) is -0.786. The Morgan fingerprint density at radius 2 is 1.74 bits per heavy atom. The number of benzene rings is 2. The van der Waals surface area contributed by atoms with Crippen molar-refractivity contribution >= 4 is 39.9 Å². The van der Waals surface area contributed by atoms with Gasteiger partial charge in [0.05, 0.1) is 16.2 Å². The number of nitrogens with zero attached hydrogens (tertiary/aromatic N) is 1. The fourth-order valence-electron chi connectivity index (χ4n) is 1.79. The summed E-state index contributed by atoms with van der Waals surface area (Å²) < 4.78 is 39.4. The molecular weight excluding hydrogens is 428 g/mol. The molecule has 0 spiro atoms. The van der Waals surface area contributed by atoms with Crippen LogP contribution in [0.25, 0.3) is 0 Å². The highest BCUT2D eigenvalue weighted by molar-refractivity contribution is 14.1. The molecule has 120 valence electrons. The zero-order valence-corrected chi connectivity index (χ0v) is 13.4. The van der Waals surface area contributed by atoms with Gasteiger partial charge in [-0.25, -0.2) is 0 Å². The number of nitro benzene ring substituents is 1. The Morgan fingerprint density at radius 1 is 1.13 bits per heavy atom. The van der Waals surface area contributed by atoms with Crippen LogP contribution in [0.4, 0.5) is 24.5 Å². The van der Waals surface area contributed by atoms with Crippen molar-refractivity contribution in [2.75, 3.05) is 5.32 Å². The normalized spacial score (nSPS) is 11.1. The van der Waals surface area contributed by atoms with E-state index < -0.39 is 22.6 Å². The average molecular weight is 436 g/mol. The van der Waals surface area contributed by atoms with Crippen LogP contribution in [-0.2, 0) is 6.18 Å². The van der Waals surface area contributed by atoms with Crippen molar-refractivity contribution in [3.63, 3.8) is 0 Å². The number of hydrogen-bond acceptors (Lipinski definition) is 3. The van der Waals surface area contributed by atoms with Gasteiger partial charge in [0.2, 0.25) is 0 Å². The molecule has 0 unspecified atom stereocenters. The van der Waals surface area contributed by atoms with Gasteiger partial charge < -0.3 is 5.32 Å². The molecule has 0 bridgehead atoms. The van der Waals surface area contributed by atoms with Crippen molar-refractivity contribution in [3.05, 3.63) is 67.3 Å². The van der Waals surface area contributed by atoms with E-state index in [9.17, 15) is 28.1 Å². The molecule has 0 fully saturated rings. The first-order valence-corrected chi connectivity index (χ1v) is 7.19. The molecule has 0 heterocycles. The quantitative estimate of drug-likeness (QED) is 0.439. The van der Waals surface area contributed by atoms with E-state index in [-0.39, 0.29) is 16.9 Å². The van der Waals surface area contributed by atoms with Crippen molar-refractivity contribution in [1.82, 2.24) is 0 Å². The molecule has 0 aliphatic carbocycles. The molecule has 5 nitrogen and oxygen atoms in total. The number of carbonyl (C=O) groups is 1. The summed E-state index contributed by atoms with van der Waals surface area (Å²) in [5, 5.41) is 12.7. The molecule has 2 rings (SSSR count). The van der Waals surface area contributed by atoms with Gasteiger partial charge >= 0.3 is 6.18 Å². The van der Waals surface area contributed by atoms with E-state index in [2.05, 4.69) is 5.32 Å². The van der Waals surface area contributed by atoms with Crippen LogP contribution in [0.3, 0.4) is 0 Å². The van der Waals surface area contributed by atoms with Crippen LogP contribution >= 0.6 is 22.6 Å². The first kappa shape index (κ1) is 17.2. The predicted octanol–water partition coefficient (Wildman–Crippen LogP) is 4.47. The van der Waals surface area contributed by atoms with Gasteiger partial charge in [-0.3, -0.25) is 14.9 Å². The molecule has 1 N–H and O–H groups in total. The van der Waals surface area contributed by atoms with Crippen LogP contribution in [0.5, 0.6) is 0 Å². The van der Waals surface area contributed by atoms with Crippen LogP contribution in [0.1, 0.15) is 15.9 Å². The summed E-state index contributed by atoms with van der Waals surface area (Å²) in [7, 11) is 0. The molecule has 0 radical (unpaired) electrons. The average Bonchev–Trinajstić information content (AvgIpc) is 2.48. The Balaban J connectivity index is 2.28. The first-order valence-electron chi connectivity index (χ1n) is 6.11. The van der Waals surface area contributed by atoms with E-state index in [1.807, 2.05) is 0 Å². The van der Waals surface area contributed by atoms with E-state index in [0.717, 1.165) is 24.3 Å². The molecule has 0 aromatic heterocycles. The number of hydrogen-bond donors (Lipinski definition) is 1. The number of alkyl halides is 3. The van der Waals surface area contributed by atoms with Gasteiger partial charge in [-0.05, 0) is 52.9 Å². The summed E-state index contributed by atoms with van der Waals surface area (Å²) in [6, 6.07) is 8.07. The van der Waals surface area contributed by atoms with Gasteiger partial charge in [0.1, 0.15) is 0 Å². The number of carbonyl (C=O) groups excluding carboxylic acids is 1. The van der Waals surface area contributed by atoms with Crippen molar-refractivity contribution < 1.29 is 22.9 Å². The maximum absolute atomic E-state index is 13.0. The summed E-state index contributed by atoms with van der Waals surface area (Å²) in [6.07, 6.45) is -4.61. The fourth-order valence-corrected chi connectivity index (χ4v) is 2.28. The Hall–Kier alpha value is -2.17. The molecule has 0 atom stereocenters. The Kier molecular flexibility index (Phi) is 4.88. The van der Waals surface area contributed by atoms with Crippen molar-refractivity contribution in [2.45, 2.75) is 6.18 Å². The molecule has 0 aliphatic rings. The fraction of sp³-hybridized carbons (Fsp3) is 0.0714. The second kappa shape index (κ2) is 6.52. The minimum atomic E-state index is -4.61. The highest BCUT2D eigenvalue weighted by Gasteiger charge is 2.34. The van der Waals surface area contributed by atoms with E-state index in [1.165, 1.54) is 18.2 Å². The highest BCUT2D eigenvalue weighted by Crippen LogP contribution is 2.36. The Bertz CT molecular complexity index is 761. The summed E-state index contributed by atoms with van der Waals surface area (Å²) in [6.45, 7) is 0. The molecule has 23 heavy (non-hydrogen) atoms. The Morgan fingerprint density at radius 3 is 2.26 bits per heavy atom. The molecule has 0 saturated carbocycles. The standard InChI is InChI=1S/C14H8F3IN2O3/c15-14(16,17)11-7-9(18)3-6-12(11)19-13(21)8-1-4-10(5-2-8)20(22)23/h1-7H,(H,19,21). The topological polar surface area (TPSA) is 72.2 Å².